The molecule has 7 nitrogen and oxygen atoms in total. The van der Waals surface area contributed by atoms with Crippen molar-refractivity contribution in [3.8, 4) is 11.1 Å². The first-order valence-corrected chi connectivity index (χ1v) is 8.56. The number of carbonyl (C=O) groups excluding carboxylic acids is 2. The number of carboxylic acid groups (broad SMARTS) is 1. The number of fused-ring (bicyclic) bond motifs is 3. The zero-order chi connectivity index (χ0) is 19.4. The van der Waals surface area contributed by atoms with Crippen LogP contribution in [0.5, 0.6) is 0 Å². The Morgan fingerprint density at radius 2 is 1.59 bits per heavy atom. The number of carboxylic acids is 1. The molecule has 0 fully saturated rings. The van der Waals surface area contributed by atoms with E-state index in [0.717, 1.165) is 22.3 Å². The Balaban J connectivity index is 1.62. The van der Waals surface area contributed by atoms with E-state index in [4.69, 9.17) is 9.84 Å². The van der Waals surface area contributed by atoms with Gasteiger partial charge in [-0.15, -0.1) is 0 Å². The summed E-state index contributed by atoms with van der Waals surface area (Å²) in [5.41, 5.74) is 4.43. The standard InChI is InChI=1S/C20H20N2O5/c1-12(23)22-18(19(24)25)10-21-20(26)27-11-17-15-8-4-2-6-13(15)14-7-3-5-9-16(14)17/h2-9,17-18H,10-11H2,1H3,(H,21,26)(H,22,23)(H,24,25). The van der Waals surface area contributed by atoms with Gasteiger partial charge in [0.05, 0.1) is 6.54 Å². The molecule has 27 heavy (non-hydrogen) atoms. The molecule has 0 heterocycles. The molecule has 0 aliphatic heterocycles. The highest BCUT2D eigenvalue weighted by Crippen LogP contribution is 2.44. The first-order valence-electron chi connectivity index (χ1n) is 8.56. The second-order valence-corrected chi connectivity index (χ2v) is 6.30. The molecule has 0 aromatic heterocycles. The second-order valence-electron chi connectivity index (χ2n) is 6.30. The molecule has 1 atom stereocenters. The van der Waals surface area contributed by atoms with Crippen LogP contribution < -0.4 is 10.6 Å². The molecule has 2 amide bonds. The zero-order valence-corrected chi connectivity index (χ0v) is 14.8. The van der Waals surface area contributed by atoms with Gasteiger partial charge in [-0.05, 0) is 22.3 Å². The fourth-order valence-electron chi connectivity index (χ4n) is 3.28. The van der Waals surface area contributed by atoms with E-state index in [2.05, 4.69) is 10.6 Å². The van der Waals surface area contributed by atoms with E-state index in [-0.39, 0.29) is 19.1 Å². The van der Waals surface area contributed by atoms with E-state index in [1.54, 1.807) is 0 Å². The average Bonchev–Trinajstić information content (AvgIpc) is 2.97. The van der Waals surface area contributed by atoms with Crippen LogP contribution in [-0.2, 0) is 14.3 Å². The van der Waals surface area contributed by atoms with Crippen molar-refractivity contribution < 1.29 is 24.2 Å². The molecule has 0 spiro atoms. The van der Waals surface area contributed by atoms with Crippen LogP contribution in [0.3, 0.4) is 0 Å². The van der Waals surface area contributed by atoms with Gasteiger partial charge in [0.25, 0.3) is 0 Å². The third-order valence-electron chi connectivity index (χ3n) is 4.47. The highest BCUT2D eigenvalue weighted by atomic mass is 16.5. The Bertz CT molecular complexity index is 835. The van der Waals surface area contributed by atoms with Gasteiger partial charge < -0.3 is 20.5 Å². The van der Waals surface area contributed by atoms with E-state index in [9.17, 15) is 14.4 Å². The minimum Gasteiger partial charge on any atom is -0.480 e. The Kier molecular flexibility index (Phi) is 5.40. The summed E-state index contributed by atoms with van der Waals surface area (Å²) in [5.74, 6) is -1.80. The lowest BCUT2D eigenvalue weighted by molar-refractivity contribution is -0.141. The molecule has 1 unspecified atom stereocenters. The molecule has 1 aliphatic rings. The smallest absolute Gasteiger partial charge is 0.407 e. The van der Waals surface area contributed by atoms with E-state index in [1.807, 2.05) is 48.5 Å². The van der Waals surface area contributed by atoms with Crippen molar-refractivity contribution in [3.63, 3.8) is 0 Å². The molecule has 1 aliphatic carbocycles. The van der Waals surface area contributed by atoms with Gasteiger partial charge in [0, 0.05) is 12.8 Å². The third-order valence-corrected chi connectivity index (χ3v) is 4.47. The molecular weight excluding hydrogens is 348 g/mol. The summed E-state index contributed by atoms with van der Waals surface area (Å²) in [5, 5.41) is 13.7. The van der Waals surface area contributed by atoms with Crippen molar-refractivity contribution in [2.45, 2.75) is 18.9 Å². The highest BCUT2D eigenvalue weighted by molar-refractivity contribution is 5.83. The van der Waals surface area contributed by atoms with Crippen LogP contribution in [0.15, 0.2) is 48.5 Å². The number of hydrogen-bond acceptors (Lipinski definition) is 4. The number of nitrogens with one attached hydrogen (secondary N) is 2. The maximum absolute atomic E-state index is 12.0. The maximum Gasteiger partial charge on any atom is 0.407 e. The van der Waals surface area contributed by atoms with E-state index >= 15 is 0 Å². The summed E-state index contributed by atoms with van der Waals surface area (Å²) in [6.07, 6.45) is -0.728. The summed E-state index contributed by atoms with van der Waals surface area (Å²) < 4.78 is 5.32. The lowest BCUT2D eigenvalue weighted by Gasteiger charge is -2.16. The molecule has 2 aromatic carbocycles. The van der Waals surface area contributed by atoms with Gasteiger partial charge in [-0.25, -0.2) is 9.59 Å². The van der Waals surface area contributed by atoms with Crippen LogP contribution in [-0.4, -0.2) is 42.3 Å². The van der Waals surface area contributed by atoms with Gasteiger partial charge in [0.15, 0.2) is 0 Å². The van der Waals surface area contributed by atoms with Crippen LogP contribution in [0, 0.1) is 0 Å². The first kappa shape index (κ1) is 18.4. The molecule has 0 radical (unpaired) electrons. The van der Waals surface area contributed by atoms with Gasteiger partial charge in [0.2, 0.25) is 5.91 Å². The Morgan fingerprint density at radius 1 is 1.04 bits per heavy atom. The van der Waals surface area contributed by atoms with E-state index in [0.29, 0.717) is 0 Å². The van der Waals surface area contributed by atoms with Crippen molar-refractivity contribution in [3.05, 3.63) is 59.7 Å². The summed E-state index contributed by atoms with van der Waals surface area (Å²) in [4.78, 5) is 34.1. The Hall–Kier alpha value is -3.35. The van der Waals surface area contributed by atoms with Crippen LogP contribution in [0.2, 0.25) is 0 Å². The largest absolute Gasteiger partial charge is 0.480 e. The fraction of sp³-hybridized carbons (Fsp3) is 0.250. The number of rotatable bonds is 6. The number of aliphatic carboxylic acids is 1. The number of alkyl carbamates (subject to hydrolysis) is 1. The van der Waals surface area contributed by atoms with Crippen molar-refractivity contribution >= 4 is 18.0 Å². The van der Waals surface area contributed by atoms with Gasteiger partial charge >= 0.3 is 12.1 Å². The highest BCUT2D eigenvalue weighted by Gasteiger charge is 2.29. The number of ether oxygens (including phenoxy) is 1. The molecule has 140 valence electrons. The molecule has 0 saturated heterocycles. The first-order chi connectivity index (χ1) is 13.0. The normalized spacial score (nSPS) is 13.2. The number of amides is 2. The van der Waals surface area contributed by atoms with Gasteiger partial charge in [-0.1, -0.05) is 48.5 Å². The number of carbonyl (C=O) groups is 3. The number of hydrogen-bond donors (Lipinski definition) is 3. The lowest BCUT2D eigenvalue weighted by atomic mass is 9.98. The molecule has 2 aromatic rings. The summed E-state index contributed by atoms with van der Waals surface area (Å²) in [7, 11) is 0. The molecule has 7 heteroatoms. The van der Waals surface area contributed by atoms with E-state index in [1.165, 1.54) is 6.92 Å². The lowest BCUT2D eigenvalue weighted by Crippen LogP contribution is -2.47. The van der Waals surface area contributed by atoms with Crippen LogP contribution in [0.4, 0.5) is 4.79 Å². The Morgan fingerprint density at radius 3 is 2.11 bits per heavy atom. The maximum atomic E-state index is 12.0. The Labute approximate surface area is 156 Å². The molecule has 0 bridgehead atoms. The monoisotopic (exact) mass is 368 g/mol. The van der Waals surface area contributed by atoms with Crippen molar-refractivity contribution in [1.82, 2.24) is 10.6 Å². The minimum atomic E-state index is -1.23. The number of benzene rings is 2. The topological polar surface area (TPSA) is 105 Å². The minimum absolute atomic E-state index is 0.0752. The van der Waals surface area contributed by atoms with Crippen LogP contribution >= 0.6 is 0 Å². The molecule has 3 rings (SSSR count). The summed E-state index contributed by atoms with van der Waals surface area (Å²) >= 11 is 0. The molecular formula is C20H20N2O5. The zero-order valence-electron chi connectivity index (χ0n) is 14.8. The molecule has 3 N–H and O–H groups in total. The quantitative estimate of drug-likeness (QED) is 0.724. The van der Waals surface area contributed by atoms with Gasteiger partial charge in [0.1, 0.15) is 12.6 Å². The average molecular weight is 368 g/mol. The third kappa shape index (κ3) is 4.08. The predicted molar refractivity (Wildman–Crippen MR) is 98.3 cm³/mol. The van der Waals surface area contributed by atoms with E-state index < -0.39 is 24.0 Å². The van der Waals surface area contributed by atoms with Crippen molar-refractivity contribution in [2.24, 2.45) is 0 Å². The van der Waals surface area contributed by atoms with Crippen molar-refractivity contribution in [1.29, 1.82) is 0 Å². The second kappa shape index (κ2) is 7.90. The SMILES string of the molecule is CC(=O)NC(CNC(=O)OCC1c2ccccc2-c2ccccc21)C(=O)O. The fourth-order valence-corrected chi connectivity index (χ4v) is 3.28. The predicted octanol–water partition coefficient (Wildman–Crippen LogP) is 2.11. The molecule has 0 saturated carbocycles. The van der Waals surface area contributed by atoms with Crippen LogP contribution in [0.25, 0.3) is 11.1 Å². The van der Waals surface area contributed by atoms with Crippen LogP contribution in [0.1, 0.15) is 24.0 Å². The van der Waals surface area contributed by atoms with Gasteiger partial charge in [-0.3, -0.25) is 4.79 Å². The van der Waals surface area contributed by atoms with Gasteiger partial charge in [-0.2, -0.15) is 0 Å². The summed E-state index contributed by atoms with van der Waals surface area (Å²) in [6.45, 7) is 1.09. The van der Waals surface area contributed by atoms with Crippen molar-refractivity contribution in [2.75, 3.05) is 13.2 Å². The summed E-state index contributed by atoms with van der Waals surface area (Å²) in [6, 6.07) is 14.7.